The zero-order chi connectivity index (χ0) is 13.5. The van der Waals surface area contributed by atoms with Gasteiger partial charge in [0.25, 0.3) is 0 Å². The van der Waals surface area contributed by atoms with Crippen molar-refractivity contribution in [1.82, 2.24) is 0 Å². The average molecular weight is 324 g/mol. The van der Waals surface area contributed by atoms with Crippen molar-refractivity contribution in [2.75, 3.05) is 0 Å². The first kappa shape index (κ1) is 17.9. The Bertz CT molecular complexity index is 384. The van der Waals surface area contributed by atoms with Crippen molar-refractivity contribution in [2.24, 2.45) is 0 Å². The van der Waals surface area contributed by atoms with Crippen molar-refractivity contribution in [3.63, 3.8) is 0 Å². The zero-order valence-corrected chi connectivity index (χ0v) is 13.1. The normalized spacial score (nSPS) is 19.9. The topological polar surface area (TPSA) is 17.1 Å². The standard InChI is InChI=1S/C12H11OS.C5H5.Fe/c1-10-6-8-12(9-7-10)14(13)11-4-2-3-5-11;1-2-4-5-3-1;/h2-9H,1H3;1-5H;/t14-;;/m0../s1. The molecule has 2 saturated carbocycles. The van der Waals surface area contributed by atoms with Gasteiger partial charge >= 0.3 is 0 Å². The minimum Gasteiger partial charge on any atom is -0.254 e. The van der Waals surface area contributed by atoms with Crippen molar-refractivity contribution in [1.29, 1.82) is 0 Å². The monoisotopic (exact) mass is 324 g/mol. The third-order valence-electron chi connectivity index (χ3n) is 2.64. The Balaban J connectivity index is 0.000000283. The van der Waals surface area contributed by atoms with Gasteiger partial charge in [0.1, 0.15) is 0 Å². The van der Waals surface area contributed by atoms with Crippen LogP contribution in [-0.4, -0.2) is 4.21 Å². The first-order valence-corrected chi connectivity index (χ1v) is 7.29. The minimum absolute atomic E-state index is 0. The van der Waals surface area contributed by atoms with E-state index < -0.39 is 10.8 Å². The van der Waals surface area contributed by atoms with E-state index in [2.05, 4.69) is 0 Å². The van der Waals surface area contributed by atoms with Gasteiger partial charge in [0.05, 0.1) is 16.0 Å². The molecule has 1 nitrogen and oxygen atoms in total. The number of benzene rings is 1. The van der Waals surface area contributed by atoms with Gasteiger partial charge in [-0.05, 0) is 76.8 Å². The van der Waals surface area contributed by atoms with Crippen molar-refractivity contribution in [3.05, 3.63) is 92.9 Å². The third kappa shape index (κ3) is 5.71. The maximum atomic E-state index is 11.9. The van der Waals surface area contributed by atoms with E-state index in [-0.39, 0.29) is 17.1 Å². The van der Waals surface area contributed by atoms with E-state index in [0.717, 1.165) is 10.1 Å². The first-order valence-electron chi connectivity index (χ1n) is 6.14. The summed E-state index contributed by atoms with van der Waals surface area (Å²) in [7, 11) is -1.02. The van der Waals surface area contributed by atoms with Gasteiger partial charge in [0.15, 0.2) is 0 Å². The molecule has 0 heterocycles. The second-order valence-corrected chi connectivity index (χ2v) is 5.64. The summed E-state index contributed by atoms with van der Waals surface area (Å²) in [6.07, 6.45) is 17.6. The number of rotatable bonds is 2. The minimum atomic E-state index is -1.02. The molecule has 3 heteroatoms. The molecule has 1 atom stereocenters. The van der Waals surface area contributed by atoms with Crippen LogP contribution in [0, 0.1) is 70.0 Å². The molecule has 2 aliphatic rings. The van der Waals surface area contributed by atoms with Crippen LogP contribution in [0.3, 0.4) is 0 Å². The van der Waals surface area contributed by atoms with E-state index >= 15 is 0 Å². The summed E-state index contributed by atoms with van der Waals surface area (Å²) in [6.45, 7) is 2.02. The Labute approximate surface area is 136 Å². The molecule has 3 rings (SSSR count). The van der Waals surface area contributed by atoms with Crippen LogP contribution < -0.4 is 0 Å². The average Bonchev–Trinajstić information content (AvgIpc) is 3.15. The van der Waals surface area contributed by atoms with Crippen LogP contribution in [0.2, 0.25) is 0 Å². The number of hydrogen-bond donors (Lipinski definition) is 0. The van der Waals surface area contributed by atoms with E-state index in [0.29, 0.717) is 0 Å². The van der Waals surface area contributed by atoms with Gasteiger partial charge in [-0.2, -0.15) is 0 Å². The van der Waals surface area contributed by atoms with Crippen LogP contribution in [-0.2, 0) is 27.9 Å². The van der Waals surface area contributed by atoms with E-state index in [9.17, 15) is 4.21 Å². The van der Waals surface area contributed by atoms with Gasteiger partial charge in [-0.3, -0.25) is 4.21 Å². The Hall–Kier alpha value is -0.111. The van der Waals surface area contributed by atoms with Crippen LogP contribution in [0.25, 0.3) is 0 Å². The molecular formula is C17H16FeOS. The third-order valence-corrected chi connectivity index (χ3v) is 4.04. The maximum absolute atomic E-state index is 11.9. The summed E-state index contributed by atoms with van der Waals surface area (Å²) in [4.78, 5) is 0.863. The maximum Gasteiger partial charge on any atom is 0.0754 e. The Morgan fingerprint density at radius 2 is 1.20 bits per heavy atom. The van der Waals surface area contributed by atoms with Gasteiger partial charge in [0.2, 0.25) is 0 Å². The second kappa shape index (κ2) is 9.76. The summed E-state index contributed by atoms with van der Waals surface area (Å²) >= 11 is 0. The molecule has 0 spiro atoms. The Kier molecular flexibility index (Phi) is 8.75. The van der Waals surface area contributed by atoms with E-state index in [1.807, 2.05) is 89.0 Å². The van der Waals surface area contributed by atoms with Crippen LogP contribution in [0.15, 0.2) is 29.2 Å². The molecular weight excluding hydrogens is 308 g/mol. The van der Waals surface area contributed by atoms with Crippen molar-refractivity contribution in [3.8, 4) is 0 Å². The first-order chi connectivity index (χ1) is 9.27. The van der Waals surface area contributed by atoms with Crippen LogP contribution in [0.5, 0.6) is 0 Å². The van der Waals surface area contributed by atoms with E-state index in [1.165, 1.54) is 5.56 Å². The smallest absolute Gasteiger partial charge is 0.0754 e. The molecule has 2 fully saturated rings. The van der Waals surface area contributed by atoms with Crippen molar-refractivity contribution >= 4 is 10.8 Å². The molecule has 0 bridgehead atoms. The molecule has 0 aromatic heterocycles. The number of hydrogen-bond acceptors (Lipinski definition) is 1. The molecule has 20 heavy (non-hydrogen) atoms. The molecule has 1 aromatic rings. The molecule has 0 unspecified atom stereocenters. The molecule has 0 saturated heterocycles. The number of aryl methyl sites for hydroxylation is 1. The summed E-state index contributed by atoms with van der Waals surface area (Å²) < 4.78 is 11.9. The summed E-state index contributed by atoms with van der Waals surface area (Å²) in [5.74, 6) is 0. The molecule has 10 radical (unpaired) electrons. The quantitative estimate of drug-likeness (QED) is 0.761. The largest absolute Gasteiger partial charge is 0.254 e. The summed E-state index contributed by atoms with van der Waals surface area (Å²) in [6, 6.07) is 7.79. The molecule has 2 aliphatic carbocycles. The fourth-order valence-corrected chi connectivity index (χ4v) is 2.66. The van der Waals surface area contributed by atoms with Gasteiger partial charge in [0, 0.05) is 22.0 Å². The Morgan fingerprint density at radius 1 is 0.750 bits per heavy atom. The van der Waals surface area contributed by atoms with Crippen molar-refractivity contribution in [2.45, 2.75) is 11.8 Å². The second-order valence-electron chi connectivity index (χ2n) is 4.16. The van der Waals surface area contributed by atoms with Gasteiger partial charge in [-0.25, -0.2) is 0 Å². The zero-order valence-electron chi connectivity index (χ0n) is 11.2. The molecule has 0 N–H and O–H groups in total. The predicted octanol–water partition coefficient (Wildman–Crippen LogP) is 3.48. The molecule has 0 amide bonds. The Morgan fingerprint density at radius 3 is 1.65 bits per heavy atom. The SMILES string of the molecule is Cc1ccc([S@@](=O)[C]2[CH][CH][CH][CH]2)cc1.[CH]1[CH][CH][CH][CH]1.[Fe]. The fourth-order valence-electron chi connectivity index (χ4n) is 1.60. The summed E-state index contributed by atoms with van der Waals surface area (Å²) in [5.41, 5.74) is 1.19. The molecule has 1 aromatic carbocycles. The van der Waals surface area contributed by atoms with E-state index in [4.69, 9.17) is 0 Å². The van der Waals surface area contributed by atoms with Crippen LogP contribution in [0.1, 0.15) is 5.56 Å². The summed E-state index contributed by atoms with van der Waals surface area (Å²) in [5, 5.41) is 0.869. The van der Waals surface area contributed by atoms with Crippen molar-refractivity contribution < 1.29 is 21.3 Å². The van der Waals surface area contributed by atoms with E-state index in [1.54, 1.807) is 0 Å². The van der Waals surface area contributed by atoms with Crippen LogP contribution in [0.4, 0.5) is 0 Å². The molecule has 0 aliphatic heterocycles. The van der Waals surface area contributed by atoms with Gasteiger partial charge in [-0.15, -0.1) is 0 Å². The van der Waals surface area contributed by atoms with Gasteiger partial charge < -0.3 is 0 Å². The van der Waals surface area contributed by atoms with Crippen LogP contribution >= 0.6 is 0 Å². The van der Waals surface area contributed by atoms with Gasteiger partial charge in [-0.1, -0.05) is 17.7 Å². The predicted molar refractivity (Wildman–Crippen MR) is 79.5 cm³/mol. The molecule has 104 valence electrons. The fraction of sp³-hybridized carbons (Fsp3) is 0.0588.